The Kier molecular flexibility index (Phi) is 2.04. The van der Waals surface area contributed by atoms with Crippen molar-refractivity contribution in [2.75, 3.05) is 11.1 Å². The number of hydrogen-bond donors (Lipinski definition) is 2. The van der Waals surface area contributed by atoms with Crippen molar-refractivity contribution in [1.29, 1.82) is 5.26 Å². The zero-order valence-corrected chi connectivity index (χ0v) is 8.91. The number of rotatable bonds is 2. The fraction of sp³-hybridized carbons (Fsp3) is 0.455. The zero-order valence-electron chi connectivity index (χ0n) is 8.91. The van der Waals surface area contributed by atoms with Gasteiger partial charge in [-0.25, -0.2) is 4.98 Å². The molecule has 1 unspecified atom stereocenters. The lowest BCUT2D eigenvalue weighted by Crippen LogP contribution is -2.12. The van der Waals surface area contributed by atoms with Crippen molar-refractivity contribution in [3.8, 4) is 6.07 Å². The molecule has 2 rings (SSSR count). The van der Waals surface area contributed by atoms with Gasteiger partial charge >= 0.3 is 0 Å². The molecule has 0 aromatic carbocycles. The van der Waals surface area contributed by atoms with Crippen LogP contribution in [0.25, 0.3) is 0 Å². The third-order valence-corrected chi connectivity index (χ3v) is 2.93. The minimum absolute atomic E-state index is 0.316. The van der Waals surface area contributed by atoms with Crippen LogP contribution in [0.5, 0.6) is 0 Å². The van der Waals surface area contributed by atoms with E-state index < -0.39 is 0 Å². The van der Waals surface area contributed by atoms with E-state index in [4.69, 9.17) is 11.0 Å². The molecular formula is C11H14N4. The molecule has 1 saturated carbocycles. The SMILES string of the molecule is CC1(C)CC1Nc1nccc(C#N)c1N. The van der Waals surface area contributed by atoms with E-state index >= 15 is 0 Å². The molecule has 1 aromatic rings. The third kappa shape index (κ3) is 1.73. The summed E-state index contributed by atoms with van der Waals surface area (Å²) in [5.74, 6) is 0.629. The molecule has 0 aliphatic heterocycles. The summed E-state index contributed by atoms with van der Waals surface area (Å²) in [5.41, 5.74) is 7.05. The summed E-state index contributed by atoms with van der Waals surface area (Å²) in [6.07, 6.45) is 2.72. The second-order valence-electron chi connectivity index (χ2n) is 4.62. The minimum atomic E-state index is 0.316. The molecule has 4 heteroatoms. The van der Waals surface area contributed by atoms with Gasteiger partial charge in [-0.05, 0) is 17.9 Å². The minimum Gasteiger partial charge on any atom is -0.395 e. The second kappa shape index (κ2) is 3.13. The van der Waals surface area contributed by atoms with Gasteiger partial charge < -0.3 is 11.1 Å². The Morgan fingerprint density at radius 2 is 2.33 bits per heavy atom. The normalized spacial score (nSPS) is 21.8. The molecule has 0 spiro atoms. The number of aromatic nitrogens is 1. The largest absolute Gasteiger partial charge is 0.395 e. The van der Waals surface area contributed by atoms with Crippen LogP contribution in [0.15, 0.2) is 12.3 Å². The van der Waals surface area contributed by atoms with Gasteiger partial charge in [-0.3, -0.25) is 0 Å². The fourth-order valence-corrected chi connectivity index (χ4v) is 1.56. The van der Waals surface area contributed by atoms with Crippen LogP contribution in [0, 0.1) is 16.7 Å². The lowest BCUT2D eigenvalue weighted by atomic mass is 10.2. The van der Waals surface area contributed by atoms with Crippen LogP contribution in [0.4, 0.5) is 11.5 Å². The quantitative estimate of drug-likeness (QED) is 0.766. The fourth-order valence-electron chi connectivity index (χ4n) is 1.56. The van der Waals surface area contributed by atoms with E-state index in [1.165, 1.54) is 0 Å². The number of anilines is 2. The van der Waals surface area contributed by atoms with Gasteiger partial charge in [0.25, 0.3) is 0 Å². The summed E-state index contributed by atoms with van der Waals surface area (Å²) in [4.78, 5) is 4.15. The molecule has 4 nitrogen and oxygen atoms in total. The maximum atomic E-state index is 8.81. The van der Waals surface area contributed by atoms with Crippen molar-refractivity contribution >= 4 is 11.5 Å². The van der Waals surface area contributed by atoms with Crippen molar-refractivity contribution in [2.24, 2.45) is 5.41 Å². The van der Waals surface area contributed by atoms with E-state index in [1.807, 2.05) is 6.07 Å². The molecule has 15 heavy (non-hydrogen) atoms. The smallest absolute Gasteiger partial charge is 0.150 e. The Balaban J connectivity index is 2.20. The molecule has 3 N–H and O–H groups in total. The van der Waals surface area contributed by atoms with Gasteiger partial charge in [0.05, 0.1) is 11.3 Å². The standard InChI is InChI=1S/C11H14N4/c1-11(2)5-8(11)15-10-9(13)7(6-12)3-4-14-10/h3-4,8H,5,13H2,1-2H3,(H,14,15). The van der Waals surface area contributed by atoms with Crippen LogP contribution in [0.1, 0.15) is 25.8 Å². The highest BCUT2D eigenvalue weighted by molar-refractivity contribution is 5.69. The third-order valence-electron chi connectivity index (χ3n) is 2.93. The average molecular weight is 202 g/mol. The Bertz CT molecular complexity index is 431. The van der Waals surface area contributed by atoms with Gasteiger partial charge in [0.2, 0.25) is 0 Å². The van der Waals surface area contributed by atoms with Gasteiger partial charge in [-0.1, -0.05) is 13.8 Å². The van der Waals surface area contributed by atoms with Crippen LogP contribution in [0.2, 0.25) is 0 Å². The molecule has 0 bridgehead atoms. The summed E-state index contributed by atoms with van der Waals surface area (Å²) >= 11 is 0. The maximum absolute atomic E-state index is 8.81. The summed E-state index contributed by atoms with van der Waals surface area (Å²) in [7, 11) is 0. The van der Waals surface area contributed by atoms with Gasteiger partial charge in [0.1, 0.15) is 6.07 Å². The van der Waals surface area contributed by atoms with E-state index in [9.17, 15) is 0 Å². The van der Waals surface area contributed by atoms with Gasteiger partial charge in [-0.15, -0.1) is 0 Å². The summed E-state index contributed by atoms with van der Waals surface area (Å²) < 4.78 is 0. The average Bonchev–Trinajstić information content (AvgIpc) is 2.77. The van der Waals surface area contributed by atoms with Crippen molar-refractivity contribution in [3.63, 3.8) is 0 Å². The number of hydrogen-bond acceptors (Lipinski definition) is 4. The Morgan fingerprint density at radius 3 is 2.87 bits per heavy atom. The molecule has 0 amide bonds. The molecule has 78 valence electrons. The highest BCUT2D eigenvalue weighted by atomic mass is 15.1. The van der Waals surface area contributed by atoms with E-state index in [0.29, 0.717) is 28.5 Å². The number of nitrogens with two attached hydrogens (primary N) is 1. The molecule has 0 radical (unpaired) electrons. The number of pyridine rings is 1. The first-order valence-corrected chi connectivity index (χ1v) is 4.96. The Morgan fingerprint density at radius 1 is 1.67 bits per heavy atom. The highest BCUT2D eigenvalue weighted by Gasteiger charge is 2.46. The van der Waals surface area contributed by atoms with Crippen LogP contribution in [-0.4, -0.2) is 11.0 Å². The van der Waals surface area contributed by atoms with E-state index in [0.717, 1.165) is 6.42 Å². The van der Waals surface area contributed by atoms with Crippen molar-refractivity contribution < 1.29 is 0 Å². The topological polar surface area (TPSA) is 74.7 Å². The lowest BCUT2D eigenvalue weighted by Gasteiger charge is -2.10. The summed E-state index contributed by atoms with van der Waals surface area (Å²) in [6, 6.07) is 4.09. The first kappa shape index (κ1) is 9.78. The summed E-state index contributed by atoms with van der Waals surface area (Å²) in [5, 5.41) is 12.1. The first-order chi connectivity index (χ1) is 7.04. The van der Waals surface area contributed by atoms with Crippen LogP contribution in [0.3, 0.4) is 0 Å². The second-order valence-corrected chi connectivity index (χ2v) is 4.62. The molecule has 1 atom stereocenters. The van der Waals surface area contributed by atoms with Gasteiger partial charge in [-0.2, -0.15) is 5.26 Å². The maximum Gasteiger partial charge on any atom is 0.150 e. The summed E-state index contributed by atoms with van der Waals surface area (Å²) in [6.45, 7) is 4.38. The van der Waals surface area contributed by atoms with Crippen molar-refractivity contribution in [1.82, 2.24) is 4.98 Å². The molecule has 1 aromatic heterocycles. The monoisotopic (exact) mass is 202 g/mol. The lowest BCUT2D eigenvalue weighted by molar-refractivity contribution is 0.630. The van der Waals surface area contributed by atoms with E-state index in [2.05, 4.69) is 24.1 Å². The molecule has 1 aliphatic rings. The highest BCUT2D eigenvalue weighted by Crippen LogP contribution is 2.46. The van der Waals surface area contributed by atoms with Crippen LogP contribution < -0.4 is 11.1 Å². The number of nitrogens with one attached hydrogen (secondary N) is 1. The predicted octanol–water partition coefficient (Wildman–Crippen LogP) is 1.75. The van der Waals surface area contributed by atoms with Crippen LogP contribution >= 0.6 is 0 Å². The van der Waals surface area contributed by atoms with E-state index in [-0.39, 0.29) is 0 Å². The van der Waals surface area contributed by atoms with Gasteiger partial charge in [0.15, 0.2) is 5.82 Å². The molecule has 1 heterocycles. The molecule has 1 fully saturated rings. The molecule has 1 aliphatic carbocycles. The van der Waals surface area contributed by atoms with Crippen molar-refractivity contribution in [2.45, 2.75) is 26.3 Å². The number of nitrogen functional groups attached to an aromatic ring is 1. The molecular weight excluding hydrogens is 188 g/mol. The Labute approximate surface area is 89.1 Å². The van der Waals surface area contributed by atoms with E-state index in [1.54, 1.807) is 12.3 Å². The predicted molar refractivity (Wildman–Crippen MR) is 59.2 cm³/mol. The number of nitrogens with zero attached hydrogens (tertiary/aromatic N) is 2. The van der Waals surface area contributed by atoms with Crippen molar-refractivity contribution in [3.05, 3.63) is 17.8 Å². The first-order valence-electron chi connectivity index (χ1n) is 4.96. The zero-order chi connectivity index (χ0) is 11.1. The number of nitriles is 1. The van der Waals surface area contributed by atoms with Gasteiger partial charge in [0, 0.05) is 12.2 Å². The van der Waals surface area contributed by atoms with Crippen LogP contribution in [-0.2, 0) is 0 Å². The molecule has 0 saturated heterocycles. The Hall–Kier alpha value is -1.76.